The average Bonchev–Trinajstić information content (AvgIpc) is 3.22. The lowest BCUT2D eigenvalue weighted by molar-refractivity contribution is 0.0734. The Bertz CT molecular complexity index is 663. The van der Waals surface area contributed by atoms with E-state index in [1.54, 1.807) is 18.2 Å². The van der Waals surface area contributed by atoms with Crippen LogP contribution in [0.5, 0.6) is 5.75 Å². The summed E-state index contributed by atoms with van der Waals surface area (Å²) in [6, 6.07) is 9.26. The minimum absolute atomic E-state index is 0.0530. The number of rotatable bonds is 4. The van der Waals surface area contributed by atoms with Gasteiger partial charge >= 0.3 is 0 Å². The number of hydrogen-bond donors (Lipinski definition) is 1. The van der Waals surface area contributed by atoms with Gasteiger partial charge in [0.25, 0.3) is 5.91 Å². The smallest absolute Gasteiger partial charge is 0.264 e. The Balaban J connectivity index is 1.83. The predicted octanol–water partition coefficient (Wildman–Crippen LogP) is 4.78. The van der Waals surface area contributed by atoms with Crippen LogP contribution in [0.3, 0.4) is 0 Å². The summed E-state index contributed by atoms with van der Waals surface area (Å²) in [5.74, 6) is 0.287. The Labute approximate surface area is 143 Å². The highest BCUT2D eigenvalue weighted by Gasteiger charge is 2.33. The summed E-state index contributed by atoms with van der Waals surface area (Å²) in [5.41, 5.74) is 0.949. The van der Waals surface area contributed by atoms with Crippen LogP contribution in [0.1, 0.15) is 28.1 Å². The molecule has 1 aromatic carbocycles. The quantitative estimate of drug-likeness (QED) is 0.757. The second kappa shape index (κ2) is 6.10. The summed E-state index contributed by atoms with van der Waals surface area (Å²) in [4.78, 5) is 15.3. The summed E-state index contributed by atoms with van der Waals surface area (Å²) in [6.45, 7) is 0.533. The molecule has 2 aromatic rings. The maximum atomic E-state index is 12.7. The van der Waals surface area contributed by atoms with E-state index in [4.69, 9.17) is 0 Å². The first-order valence-electron chi connectivity index (χ1n) is 6.58. The molecular weight excluding hydrogens is 418 g/mol. The Morgan fingerprint density at radius 3 is 2.67 bits per heavy atom. The van der Waals surface area contributed by atoms with Crippen LogP contribution in [-0.4, -0.2) is 22.0 Å². The van der Waals surface area contributed by atoms with Crippen molar-refractivity contribution < 1.29 is 9.90 Å². The van der Waals surface area contributed by atoms with Gasteiger partial charge in [-0.15, -0.1) is 11.3 Å². The van der Waals surface area contributed by atoms with Gasteiger partial charge in [-0.3, -0.25) is 4.79 Å². The first-order valence-corrected chi connectivity index (χ1v) is 8.98. The molecule has 0 spiro atoms. The van der Waals surface area contributed by atoms with Crippen LogP contribution in [0.25, 0.3) is 0 Å². The molecule has 1 aliphatic rings. The lowest BCUT2D eigenvalue weighted by Gasteiger charge is -2.22. The molecule has 1 saturated carbocycles. The van der Waals surface area contributed by atoms with Gasteiger partial charge in [0.2, 0.25) is 0 Å². The number of benzene rings is 1. The highest BCUT2D eigenvalue weighted by Crippen LogP contribution is 2.36. The van der Waals surface area contributed by atoms with E-state index in [-0.39, 0.29) is 11.7 Å². The maximum Gasteiger partial charge on any atom is 0.264 e. The van der Waals surface area contributed by atoms with Gasteiger partial charge in [-0.1, -0.05) is 12.1 Å². The molecule has 0 bridgehead atoms. The van der Waals surface area contributed by atoms with Crippen LogP contribution < -0.4 is 0 Å². The predicted molar refractivity (Wildman–Crippen MR) is 90.7 cm³/mol. The van der Waals surface area contributed by atoms with Crippen molar-refractivity contribution in [3.05, 3.63) is 49.0 Å². The molecule has 1 N–H and O–H groups in total. The van der Waals surface area contributed by atoms with Crippen molar-refractivity contribution in [3.63, 3.8) is 0 Å². The van der Waals surface area contributed by atoms with E-state index < -0.39 is 0 Å². The molecular formula is C15H13Br2NO2S. The molecule has 1 amide bonds. The Kier molecular flexibility index (Phi) is 4.38. The van der Waals surface area contributed by atoms with Gasteiger partial charge < -0.3 is 10.0 Å². The molecule has 110 valence electrons. The summed E-state index contributed by atoms with van der Waals surface area (Å²) < 4.78 is 1.84. The molecule has 0 saturated heterocycles. The zero-order valence-corrected chi connectivity index (χ0v) is 15.0. The topological polar surface area (TPSA) is 40.5 Å². The standard InChI is InChI=1S/C15H13Br2NO2S/c16-12-7-13(21-14(12)17)15(20)18(10-4-5-10)8-9-2-1-3-11(19)6-9/h1-3,6-7,10,19H,4-5,8H2. The second-order valence-electron chi connectivity index (χ2n) is 5.07. The average molecular weight is 431 g/mol. The number of thiophene rings is 1. The summed E-state index contributed by atoms with van der Waals surface area (Å²) in [7, 11) is 0. The first kappa shape index (κ1) is 15.1. The summed E-state index contributed by atoms with van der Waals surface area (Å²) >= 11 is 8.29. The number of amides is 1. The molecule has 1 aromatic heterocycles. The third kappa shape index (κ3) is 3.49. The normalized spacial score (nSPS) is 14.2. The van der Waals surface area contributed by atoms with Crippen molar-refractivity contribution in [2.24, 2.45) is 0 Å². The Hall–Kier alpha value is -0.850. The van der Waals surface area contributed by atoms with Gasteiger partial charge in [0.1, 0.15) is 5.75 Å². The number of nitrogens with zero attached hydrogens (tertiary/aromatic N) is 1. The fraction of sp³-hybridized carbons (Fsp3) is 0.267. The van der Waals surface area contributed by atoms with E-state index in [0.29, 0.717) is 12.6 Å². The van der Waals surface area contributed by atoms with Crippen molar-refractivity contribution in [2.45, 2.75) is 25.4 Å². The number of carbonyl (C=O) groups is 1. The van der Waals surface area contributed by atoms with Crippen LogP contribution >= 0.6 is 43.2 Å². The third-order valence-corrected chi connectivity index (χ3v) is 6.61. The highest BCUT2D eigenvalue weighted by atomic mass is 79.9. The van der Waals surface area contributed by atoms with Crippen molar-refractivity contribution in [2.75, 3.05) is 0 Å². The molecule has 0 aliphatic heterocycles. The number of phenolic OH excluding ortho intramolecular Hbond substituents is 1. The van der Waals surface area contributed by atoms with E-state index in [9.17, 15) is 9.90 Å². The summed E-state index contributed by atoms with van der Waals surface area (Å²) in [6.07, 6.45) is 2.11. The van der Waals surface area contributed by atoms with Crippen molar-refractivity contribution in [3.8, 4) is 5.75 Å². The zero-order chi connectivity index (χ0) is 15.0. The SMILES string of the molecule is O=C(c1cc(Br)c(Br)s1)N(Cc1cccc(O)c1)C1CC1. The maximum absolute atomic E-state index is 12.7. The van der Waals surface area contributed by atoms with Crippen molar-refractivity contribution >= 4 is 49.1 Å². The van der Waals surface area contributed by atoms with Crippen LogP contribution in [0.4, 0.5) is 0 Å². The third-order valence-electron chi connectivity index (χ3n) is 3.37. The molecule has 1 fully saturated rings. The Morgan fingerprint density at radius 2 is 2.10 bits per heavy atom. The van der Waals surface area contributed by atoms with E-state index in [1.807, 2.05) is 17.0 Å². The van der Waals surface area contributed by atoms with Crippen LogP contribution in [0, 0.1) is 0 Å². The van der Waals surface area contributed by atoms with Crippen LogP contribution in [-0.2, 0) is 6.54 Å². The number of halogens is 2. The zero-order valence-electron chi connectivity index (χ0n) is 11.1. The minimum atomic E-state index is 0.0530. The van der Waals surface area contributed by atoms with E-state index in [0.717, 1.165) is 31.5 Å². The van der Waals surface area contributed by atoms with Gasteiger partial charge in [-0.2, -0.15) is 0 Å². The molecule has 6 heteroatoms. The largest absolute Gasteiger partial charge is 0.508 e. The van der Waals surface area contributed by atoms with E-state index in [1.165, 1.54) is 11.3 Å². The molecule has 0 radical (unpaired) electrons. The molecule has 0 unspecified atom stereocenters. The van der Waals surface area contributed by atoms with Gasteiger partial charge in [-0.25, -0.2) is 0 Å². The molecule has 0 atom stereocenters. The molecule has 3 nitrogen and oxygen atoms in total. The van der Waals surface area contributed by atoms with E-state index in [2.05, 4.69) is 31.9 Å². The van der Waals surface area contributed by atoms with Crippen LogP contribution in [0.2, 0.25) is 0 Å². The van der Waals surface area contributed by atoms with Crippen molar-refractivity contribution in [1.29, 1.82) is 0 Å². The molecule has 3 rings (SSSR count). The Morgan fingerprint density at radius 1 is 1.33 bits per heavy atom. The van der Waals surface area contributed by atoms with Crippen LogP contribution in [0.15, 0.2) is 38.6 Å². The monoisotopic (exact) mass is 429 g/mol. The minimum Gasteiger partial charge on any atom is -0.508 e. The second-order valence-corrected chi connectivity index (χ2v) is 8.29. The number of hydrogen-bond acceptors (Lipinski definition) is 3. The van der Waals surface area contributed by atoms with Gasteiger partial charge in [-0.05, 0) is 68.5 Å². The number of carbonyl (C=O) groups excluding carboxylic acids is 1. The van der Waals surface area contributed by atoms with E-state index >= 15 is 0 Å². The first-order chi connectivity index (χ1) is 10.0. The molecule has 21 heavy (non-hydrogen) atoms. The lowest BCUT2D eigenvalue weighted by atomic mass is 10.2. The van der Waals surface area contributed by atoms with Gasteiger partial charge in [0.15, 0.2) is 0 Å². The summed E-state index contributed by atoms with van der Waals surface area (Å²) in [5, 5.41) is 9.56. The molecule has 1 heterocycles. The molecule has 1 aliphatic carbocycles. The number of phenols is 1. The van der Waals surface area contributed by atoms with Gasteiger partial charge in [0, 0.05) is 17.1 Å². The highest BCUT2D eigenvalue weighted by molar-refractivity contribution is 9.13. The number of aromatic hydroxyl groups is 1. The fourth-order valence-corrected chi connectivity index (χ4v) is 4.19. The lowest BCUT2D eigenvalue weighted by Crippen LogP contribution is -2.32. The van der Waals surface area contributed by atoms with Crippen molar-refractivity contribution in [1.82, 2.24) is 4.90 Å². The fourth-order valence-electron chi connectivity index (χ4n) is 2.20. The van der Waals surface area contributed by atoms with Gasteiger partial charge in [0.05, 0.1) is 8.66 Å².